The summed E-state index contributed by atoms with van der Waals surface area (Å²) < 4.78 is 2.69. The first-order valence-corrected chi connectivity index (χ1v) is 13.4. The van der Waals surface area contributed by atoms with E-state index >= 15 is 0 Å². The van der Waals surface area contributed by atoms with Gasteiger partial charge in [0.2, 0.25) is 0 Å². The summed E-state index contributed by atoms with van der Waals surface area (Å²) in [6.07, 6.45) is 25.1. The fourth-order valence-corrected chi connectivity index (χ4v) is 4.63. The molecule has 0 rings (SSSR count). The van der Waals surface area contributed by atoms with Crippen molar-refractivity contribution in [1.29, 1.82) is 0 Å². The van der Waals surface area contributed by atoms with E-state index in [1.807, 2.05) is 0 Å². The van der Waals surface area contributed by atoms with Gasteiger partial charge in [-0.05, 0) is 32.2 Å². The molecule has 2 nitrogen and oxygen atoms in total. The predicted molar refractivity (Wildman–Crippen MR) is 128 cm³/mol. The molecular formula is C24H52N2S. The van der Waals surface area contributed by atoms with Crippen molar-refractivity contribution >= 4 is 11.9 Å². The molecule has 0 bridgehead atoms. The van der Waals surface area contributed by atoms with Gasteiger partial charge in [0.1, 0.15) is 0 Å². The van der Waals surface area contributed by atoms with Gasteiger partial charge in [0.15, 0.2) is 0 Å². The standard InChI is InChI=1S/C24H52N2S/c1-3-5-7-9-11-12-15-19-23-26(22-18-14-10-8-6-4-2)27-24-20-16-13-17-21-25/h3-25H2,1-2H3. The molecule has 164 valence electrons. The summed E-state index contributed by atoms with van der Waals surface area (Å²) in [5.74, 6) is 1.30. The van der Waals surface area contributed by atoms with Gasteiger partial charge in [0, 0.05) is 18.8 Å². The summed E-state index contributed by atoms with van der Waals surface area (Å²) in [7, 11) is 0. The van der Waals surface area contributed by atoms with Crippen LogP contribution >= 0.6 is 11.9 Å². The fourth-order valence-electron chi connectivity index (χ4n) is 3.53. The van der Waals surface area contributed by atoms with Gasteiger partial charge in [-0.15, -0.1) is 0 Å². The van der Waals surface area contributed by atoms with E-state index in [0.717, 1.165) is 6.54 Å². The molecule has 0 atom stereocenters. The zero-order valence-corrected chi connectivity index (χ0v) is 19.8. The maximum Gasteiger partial charge on any atom is 0.00893 e. The lowest BCUT2D eigenvalue weighted by atomic mass is 10.1. The lowest BCUT2D eigenvalue weighted by molar-refractivity contribution is 0.423. The van der Waals surface area contributed by atoms with Crippen molar-refractivity contribution < 1.29 is 0 Å². The number of hydrogen-bond donors (Lipinski definition) is 1. The lowest BCUT2D eigenvalue weighted by Gasteiger charge is -2.21. The highest BCUT2D eigenvalue weighted by atomic mass is 32.2. The average molecular weight is 401 g/mol. The lowest BCUT2D eigenvalue weighted by Crippen LogP contribution is -2.19. The Labute approximate surface area is 176 Å². The van der Waals surface area contributed by atoms with E-state index in [2.05, 4.69) is 30.1 Å². The van der Waals surface area contributed by atoms with E-state index in [9.17, 15) is 0 Å². The van der Waals surface area contributed by atoms with Gasteiger partial charge in [-0.25, -0.2) is 0 Å². The van der Waals surface area contributed by atoms with Crippen LogP contribution in [0.25, 0.3) is 0 Å². The molecule has 0 aromatic carbocycles. The molecule has 0 amide bonds. The Hall–Kier alpha value is 0.270. The van der Waals surface area contributed by atoms with Gasteiger partial charge in [-0.3, -0.25) is 4.31 Å². The molecule has 0 heterocycles. The smallest absolute Gasteiger partial charge is 0.00893 e. The third-order valence-electron chi connectivity index (χ3n) is 5.39. The van der Waals surface area contributed by atoms with Crippen LogP contribution < -0.4 is 5.73 Å². The molecule has 2 N–H and O–H groups in total. The van der Waals surface area contributed by atoms with Crippen LogP contribution in [0, 0.1) is 0 Å². The van der Waals surface area contributed by atoms with Crippen LogP contribution in [0.15, 0.2) is 0 Å². The van der Waals surface area contributed by atoms with Crippen LogP contribution in [0.5, 0.6) is 0 Å². The second kappa shape index (κ2) is 24.3. The summed E-state index contributed by atoms with van der Waals surface area (Å²) in [5, 5.41) is 0. The van der Waals surface area contributed by atoms with E-state index in [1.54, 1.807) is 0 Å². The minimum absolute atomic E-state index is 0.857. The van der Waals surface area contributed by atoms with Crippen LogP contribution in [-0.2, 0) is 0 Å². The van der Waals surface area contributed by atoms with Crippen molar-refractivity contribution in [3.63, 3.8) is 0 Å². The van der Waals surface area contributed by atoms with Crippen molar-refractivity contribution in [2.45, 2.75) is 129 Å². The van der Waals surface area contributed by atoms with Gasteiger partial charge in [0.25, 0.3) is 0 Å². The molecule has 0 aliphatic carbocycles. The molecule has 0 aromatic heterocycles. The van der Waals surface area contributed by atoms with Gasteiger partial charge in [-0.1, -0.05) is 116 Å². The molecule has 0 unspecified atom stereocenters. The highest BCUT2D eigenvalue weighted by Gasteiger charge is 2.05. The summed E-state index contributed by atoms with van der Waals surface area (Å²) in [6.45, 7) is 8.06. The van der Waals surface area contributed by atoms with Crippen LogP contribution in [-0.4, -0.2) is 29.7 Å². The number of nitrogens with zero attached hydrogens (tertiary/aromatic N) is 1. The minimum atomic E-state index is 0.857. The van der Waals surface area contributed by atoms with E-state index in [4.69, 9.17) is 5.73 Å². The number of rotatable bonds is 23. The zero-order valence-electron chi connectivity index (χ0n) is 19.0. The Morgan fingerprint density at radius 3 is 1.41 bits per heavy atom. The van der Waals surface area contributed by atoms with Gasteiger partial charge >= 0.3 is 0 Å². The van der Waals surface area contributed by atoms with Crippen molar-refractivity contribution in [2.24, 2.45) is 5.73 Å². The molecule has 0 aliphatic rings. The Kier molecular flexibility index (Phi) is 24.6. The Balaban J connectivity index is 3.77. The summed E-state index contributed by atoms with van der Waals surface area (Å²) in [4.78, 5) is 0. The van der Waals surface area contributed by atoms with Gasteiger partial charge in [-0.2, -0.15) is 0 Å². The van der Waals surface area contributed by atoms with Gasteiger partial charge < -0.3 is 5.73 Å². The molecule has 0 aromatic rings. The molecule has 0 radical (unpaired) electrons. The van der Waals surface area contributed by atoms with Crippen molar-refractivity contribution in [1.82, 2.24) is 4.31 Å². The van der Waals surface area contributed by atoms with Gasteiger partial charge in [0.05, 0.1) is 0 Å². The summed E-state index contributed by atoms with van der Waals surface area (Å²) in [5.41, 5.74) is 5.59. The van der Waals surface area contributed by atoms with Crippen LogP contribution in [0.1, 0.15) is 129 Å². The highest BCUT2D eigenvalue weighted by Crippen LogP contribution is 2.18. The Morgan fingerprint density at radius 1 is 0.519 bits per heavy atom. The molecule has 0 spiro atoms. The summed E-state index contributed by atoms with van der Waals surface area (Å²) >= 11 is 2.12. The Bertz CT molecular complexity index is 245. The van der Waals surface area contributed by atoms with E-state index < -0.39 is 0 Å². The number of unbranched alkanes of at least 4 members (excludes halogenated alkanes) is 15. The second-order valence-electron chi connectivity index (χ2n) is 8.21. The first kappa shape index (κ1) is 27.3. The van der Waals surface area contributed by atoms with E-state index in [0.29, 0.717) is 0 Å². The molecule has 0 saturated heterocycles. The summed E-state index contributed by atoms with van der Waals surface area (Å²) in [6, 6.07) is 0. The highest BCUT2D eigenvalue weighted by molar-refractivity contribution is 7.97. The van der Waals surface area contributed by atoms with Crippen molar-refractivity contribution in [3.05, 3.63) is 0 Å². The average Bonchev–Trinajstić information content (AvgIpc) is 2.68. The molecular weight excluding hydrogens is 348 g/mol. The maximum absolute atomic E-state index is 5.59. The zero-order chi connectivity index (χ0) is 19.8. The van der Waals surface area contributed by atoms with Crippen LogP contribution in [0.3, 0.4) is 0 Å². The predicted octanol–water partition coefficient (Wildman–Crippen LogP) is 7.96. The third kappa shape index (κ3) is 22.4. The SMILES string of the molecule is CCCCCCCCCCN(CCCCCCCC)SCCCCCCN. The molecule has 0 aliphatic heterocycles. The first-order chi connectivity index (χ1) is 13.3. The fraction of sp³-hybridized carbons (Fsp3) is 1.00. The van der Waals surface area contributed by atoms with E-state index in [-0.39, 0.29) is 0 Å². The third-order valence-corrected chi connectivity index (χ3v) is 6.60. The number of nitrogens with two attached hydrogens (primary N) is 1. The van der Waals surface area contributed by atoms with Crippen molar-refractivity contribution in [2.75, 3.05) is 25.4 Å². The normalized spacial score (nSPS) is 11.6. The van der Waals surface area contributed by atoms with Crippen LogP contribution in [0.2, 0.25) is 0 Å². The molecule has 0 saturated carbocycles. The topological polar surface area (TPSA) is 29.3 Å². The maximum atomic E-state index is 5.59. The molecule has 3 heteroatoms. The van der Waals surface area contributed by atoms with E-state index in [1.165, 1.54) is 134 Å². The first-order valence-electron chi connectivity index (χ1n) is 12.4. The van der Waals surface area contributed by atoms with Crippen LogP contribution in [0.4, 0.5) is 0 Å². The van der Waals surface area contributed by atoms with Crippen molar-refractivity contribution in [3.8, 4) is 0 Å². The molecule has 0 fully saturated rings. The largest absolute Gasteiger partial charge is 0.330 e. The quantitative estimate of drug-likeness (QED) is 0.139. The number of hydrogen-bond acceptors (Lipinski definition) is 3. The minimum Gasteiger partial charge on any atom is -0.330 e. The Morgan fingerprint density at radius 2 is 0.926 bits per heavy atom. The molecule has 27 heavy (non-hydrogen) atoms. The second-order valence-corrected chi connectivity index (χ2v) is 9.39. The monoisotopic (exact) mass is 400 g/mol.